The molecular formula is C23H16ClF3N4O. The minimum atomic E-state index is -4.66. The molecule has 0 radical (unpaired) electrons. The minimum absolute atomic E-state index is 0.000563. The van der Waals surface area contributed by atoms with E-state index in [0.29, 0.717) is 5.56 Å². The van der Waals surface area contributed by atoms with E-state index in [4.69, 9.17) is 17.3 Å². The molecule has 32 heavy (non-hydrogen) atoms. The van der Waals surface area contributed by atoms with Crippen LogP contribution in [0.2, 0.25) is 5.02 Å². The number of anilines is 1. The van der Waals surface area contributed by atoms with Crippen LogP contribution in [-0.4, -0.2) is 16.0 Å². The quantitative estimate of drug-likeness (QED) is 0.406. The number of carbonyl (C=O) groups excluding carboxylic acids is 1. The van der Waals surface area contributed by atoms with Crippen molar-refractivity contribution >= 4 is 34.4 Å². The zero-order valence-corrected chi connectivity index (χ0v) is 17.2. The molecule has 0 saturated carbocycles. The molecule has 0 bridgehead atoms. The van der Waals surface area contributed by atoms with Gasteiger partial charge in [-0.2, -0.15) is 13.2 Å². The van der Waals surface area contributed by atoms with Crippen LogP contribution in [0.25, 0.3) is 22.2 Å². The van der Waals surface area contributed by atoms with Crippen LogP contribution in [0.4, 0.5) is 23.7 Å². The lowest BCUT2D eigenvalue weighted by Crippen LogP contribution is -2.35. The molecule has 2 amide bonds. The van der Waals surface area contributed by atoms with Gasteiger partial charge in [-0.05, 0) is 53.1 Å². The lowest BCUT2D eigenvalue weighted by atomic mass is 10.0. The van der Waals surface area contributed by atoms with E-state index in [0.717, 1.165) is 39.2 Å². The maximum atomic E-state index is 13.2. The van der Waals surface area contributed by atoms with Gasteiger partial charge in [0, 0.05) is 18.1 Å². The van der Waals surface area contributed by atoms with Crippen LogP contribution in [0, 0.1) is 0 Å². The van der Waals surface area contributed by atoms with Crippen LogP contribution >= 0.6 is 11.6 Å². The Balaban J connectivity index is 1.67. The standard InChI is InChI=1S/C23H16ClF3N4O/c24-19-6-5-17(12-18(19)23(25,26)27)31(22(28)32)13-14-2-1-3-15(10-14)16-4-7-20-21(11-16)30-9-8-29-20/h1-12H,13H2,(H2,28,32). The van der Waals surface area contributed by atoms with Crippen molar-refractivity contribution in [3.05, 3.63) is 89.2 Å². The van der Waals surface area contributed by atoms with E-state index in [1.165, 1.54) is 6.07 Å². The third-order valence-electron chi connectivity index (χ3n) is 4.90. The predicted octanol–water partition coefficient (Wildman–Crippen LogP) is 6.05. The van der Waals surface area contributed by atoms with E-state index in [1.54, 1.807) is 24.5 Å². The average molecular weight is 457 g/mol. The molecule has 0 saturated heterocycles. The number of urea groups is 1. The Morgan fingerprint density at radius 1 is 0.938 bits per heavy atom. The average Bonchev–Trinajstić information content (AvgIpc) is 2.77. The number of alkyl halides is 3. The highest BCUT2D eigenvalue weighted by molar-refractivity contribution is 6.31. The van der Waals surface area contributed by atoms with E-state index in [1.807, 2.05) is 30.3 Å². The fourth-order valence-corrected chi connectivity index (χ4v) is 3.59. The molecule has 4 rings (SSSR count). The molecule has 5 nitrogen and oxygen atoms in total. The number of hydrogen-bond donors (Lipinski definition) is 1. The summed E-state index contributed by atoms with van der Waals surface area (Å²) >= 11 is 5.69. The third-order valence-corrected chi connectivity index (χ3v) is 5.23. The van der Waals surface area contributed by atoms with Crippen molar-refractivity contribution in [1.82, 2.24) is 9.97 Å². The van der Waals surface area contributed by atoms with Crippen LogP contribution in [0.5, 0.6) is 0 Å². The molecule has 0 unspecified atom stereocenters. The number of benzene rings is 3. The molecule has 0 atom stereocenters. The second kappa shape index (κ2) is 8.47. The number of fused-ring (bicyclic) bond motifs is 1. The molecule has 3 aromatic carbocycles. The summed E-state index contributed by atoms with van der Waals surface area (Å²) < 4.78 is 39.7. The Morgan fingerprint density at radius 2 is 1.66 bits per heavy atom. The van der Waals surface area contributed by atoms with Gasteiger partial charge in [0.2, 0.25) is 0 Å². The Bertz CT molecular complexity index is 1310. The van der Waals surface area contributed by atoms with Crippen LogP contribution < -0.4 is 10.6 Å². The molecule has 0 spiro atoms. The van der Waals surface area contributed by atoms with Gasteiger partial charge in [-0.25, -0.2) is 4.79 Å². The van der Waals surface area contributed by atoms with E-state index >= 15 is 0 Å². The second-order valence-corrected chi connectivity index (χ2v) is 7.45. The molecule has 0 aliphatic carbocycles. The first-order chi connectivity index (χ1) is 15.2. The third kappa shape index (κ3) is 4.50. The smallest absolute Gasteiger partial charge is 0.351 e. The summed E-state index contributed by atoms with van der Waals surface area (Å²) in [6, 6.07) is 15.3. The highest BCUT2D eigenvalue weighted by Crippen LogP contribution is 2.37. The van der Waals surface area contributed by atoms with Crippen LogP contribution in [0.15, 0.2) is 73.1 Å². The Kier molecular flexibility index (Phi) is 5.71. The van der Waals surface area contributed by atoms with Crippen molar-refractivity contribution in [2.24, 2.45) is 5.73 Å². The molecule has 1 heterocycles. The fraction of sp³-hybridized carbons (Fsp3) is 0.0870. The number of nitrogens with zero attached hydrogens (tertiary/aromatic N) is 3. The summed E-state index contributed by atoms with van der Waals surface area (Å²) in [6.45, 7) is -0.0184. The van der Waals surface area contributed by atoms with Gasteiger partial charge >= 0.3 is 12.2 Å². The van der Waals surface area contributed by atoms with Crippen LogP contribution in [0.3, 0.4) is 0 Å². The van der Waals surface area contributed by atoms with Gasteiger partial charge in [0.1, 0.15) is 0 Å². The molecule has 162 valence electrons. The topological polar surface area (TPSA) is 72.1 Å². The lowest BCUT2D eigenvalue weighted by Gasteiger charge is -2.22. The van der Waals surface area contributed by atoms with E-state index in [-0.39, 0.29) is 12.2 Å². The molecule has 2 N–H and O–H groups in total. The normalized spacial score (nSPS) is 11.5. The van der Waals surface area contributed by atoms with Gasteiger partial charge in [-0.1, -0.05) is 35.9 Å². The summed E-state index contributed by atoms with van der Waals surface area (Å²) in [6.07, 6.45) is -1.44. The monoisotopic (exact) mass is 456 g/mol. The van der Waals surface area contributed by atoms with Crippen molar-refractivity contribution in [3.8, 4) is 11.1 Å². The number of aromatic nitrogens is 2. The lowest BCUT2D eigenvalue weighted by molar-refractivity contribution is -0.137. The highest BCUT2D eigenvalue weighted by atomic mass is 35.5. The zero-order chi connectivity index (χ0) is 22.9. The molecule has 0 aliphatic heterocycles. The van der Waals surface area contributed by atoms with Crippen LogP contribution in [-0.2, 0) is 12.7 Å². The van der Waals surface area contributed by atoms with Gasteiger partial charge in [0.05, 0.1) is 28.2 Å². The molecule has 0 fully saturated rings. The Morgan fingerprint density at radius 3 is 2.38 bits per heavy atom. The van der Waals surface area contributed by atoms with Crippen LogP contribution in [0.1, 0.15) is 11.1 Å². The Labute approximate surface area is 186 Å². The highest BCUT2D eigenvalue weighted by Gasteiger charge is 2.34. The summed E-state index contributed by atoms with van der Waals surface area (Å²) in [5.74, 6) is 0. The van der Waals surface area contributed by atoms with Gasteiger partial charge in [-0.3, -0.25) is 14.9 Å². The van der Waals surface area contributed by atoms with E-state index in [2.05, 4.69) is 9.97 Å². The van der Waals surface area contributed by atoms with Crippen molar-refractivity contribution < 1.29 is 18.0 Å². The summed E-state index contributed by atoms with van der Waals surface area (Å²) in [5, 5.41) is -0.452. The zero-order valence-electron chi connectivity index (χ0n) is 16.5. The number of hydrogen-bond acceptors (Lipinski definition) is 3. The number of rotatable bonds is 4. The number of nitrogens with two attached hydrogens (primary N) is 1. The first-order valence-corrected chi connectivity index (χ1v) is 9.84. The summed E-state index contributed by atoms with van der Waals surface area (Å²) in [5.41, 5.74) is 8.36. The number of amides is 2. The van der Waals surface area contributed by atoms with Crippen molar-refractivity contribution in [2.45, 2.75) is 12.7 Å². The van der Waals surface area contributed by atoms with Gasteiger partial charge in [-0.15, -0.1) is 0 Å². The van der Waals surface area contributed by atoms with Gasteiger partial charge < -0.3 is 5.73 Å². The largest absolute Gasteiger partial charge is 0.417 e. The molecule has 4 aromatic rings. The van der Waals surface area contributed by atoms with Crippen molar-refractivity contribution in [1.29, 1.82) is 0 Å². The predicted molar refractivity (Wildman–Crippen MR) is 117 cm³/mol. The Hall–Kier alpha value is -3.65. The van der Waals surface area contributed by atoms with Crippen molar-refractivity contribution in [3.63, 3.8) is 0 Å². The molecule has 9 heteroatoms. The van der Waals surface area contributed by atoms with Gasteiger partial charge in [0.15, 0.2) is 0 Å². The molecule has 1 aromatic heterocycles. The molecular weight excluding hydrogens is 441 g/mol. The van der Waals surface area contributed by atoms with E-state index in [9.17, 15) is 18.0 Å². The van der Waals surface area contributed by atoms with E-state index < -0.39 is 22.8 Å². The minimum Gasteiger partial charge on any atom is -0.351 e. The number of carbonyl (C=O) groups is 1. The number of primary amides is 1. The first kappa shape index (κ1) is 21.6. The first-order valence-electron chi connectivity index (χ1n) is 9.46. The summed E-state index contributed by atoms with van der Waals surface area (Å²) in [4.78, 5) is 21.7. The fourth-order valence-electron chi connectivity index (χ4n) is 3.37. The maximum Gasteiger partial charge on any atom is 0.417 e. The SMILES string of the molecule is NC(=O)N(Cc1cccc(-c2ccc3nccnc3c2)c1)c1ccc(Cl)c(C(F)(F)F)c1. The maximum absolute atomic E-state index is 13.2. The molecule has 0 aliphatic rings. The van der Waals surface area contributed by atoms with Gasteiger partial charge in [0.25, 0.3) is 0 Å². The summed E-state index contributed by atoms with van der Waals surface area (Å²) in [7, 11) is 0. The van der Waals surface area contributed by atoms with Crippen molar-refractivity contribution in [2.75, 3.05) is 4.90 Å². The number of halogens is 4. The second-order valence-electron chi connectivity index (χ2n) is 7.05.